The number of hydrogen-bond donors (Lipinski definition) is 1. The molecule has 1 fully saturated rings. The Balaban J connectivity index is 1.61. The maximum Gasteiger partial charge on any atom is 0.415 e. The molecule has 1 atom stereocenters. The Kier molecular flexibility index (Phi) is 6.94. The normalized spacial score (nSPS) is 16.3. The van der Waals surface area contributed by atoms with E-state index in [4.69, 9.17) is 9.47 Å². The van der Waals surface area contributed by atoms with Gasteiger partial charge in [0.15, 0.2) is 5.60 Å². The fourth-order valence-corrected chi connectivity index (χ4v) is 4.05. The maximum atomic E-state index is 12.5. The number of carbonyl (C=O) groups is 2. The van der Waals surface area contributed by atoms with Crippen LogP contribution in [0.1, 0.15) is 37.0 Å². The van der Waals surface area contributed by atoms with Crippen LogP contribution in [0.5, 0.6) is 11.5 Å². The van der Waals surface area contributed by atoms with Crippen molar-refractivity contribution in [2.45, 2.75) is 46.1 Å². The van der Waals surface area contributed by atoms with Gasteiger partial charge in [0, 0.05) is 17.6 Å². The van der Waals surface area contributed by atoms with Crippen LogP contribution in [0, 0.1) is 19.8 Å². The lowest BCUT2D eigenvalue weighted by atomic mass is 9.95. The second-order valence-corrected chi connectivity index (χ2v) is 9.52. The topological polar surface area (TPSA) is 76.1 Å². The number of halogens is 1. The molecule has 1 saturated heterocycles. The number of amides is 1. The summed E-state index contributed by atoms with van der Waals surface area (Å²) in [5.41, 5.74) is 1.68. The third-order valence-electron chi connectivity index (χ3n) is 5.48. The van der Waals surface area contributed by atoms with Crippen molar-refractivity contribution in [2.75, 3.05) is 13.1 Å². The van der Waals surface area contributed by atoms with Crippen LogP contribution in [-0.2, 0) is 11.2 Å². The summed E-state index contributed by atoms with van der Waals surface area (Å²) in [6.07, 6.45) is 1.43. The Bertz CT molecular complexity index is 947. The molecule has 1 aliphatic heterocycles. The predicted molar refractivity (Wildman–Crippen MR) is 122 cm³/mol. The molecule has 0 radical (unpaired) electrons. The second-order valence-electron chi connectivity index (χ2n) is 8.60. The molecular formula is C24H28BrNO5. The first-order valence-electron chi connectivity index (χ1n) is 10.3. The van der Waals surface area contributed by atoms with Gasteiger partial charge < -0.3 is 19.5 Å². The van der Waals surface area contributed by atoms with Crippen molar-refractivity contribution in [2.24, 2.45) is 5.92 Å². The molecule has 1 unspecified atom stereocenters. The minimum absolute atomic E-state index is 0.322. The lowest BCUT2D eigenvalue weighted by Gasteiger charge is -2.25. The number of likely N-dealkylation sites (tertiary alicyclic amines) is 1. The zero-order valence-electron chi connectivity index (χ0n) is 18.3. The molecule has 1 heterocycles. The van der Waals surface area contributed by atoms with E-state index in [0.717, 1.165) is 34.0 Å². The van der Waals surface area contributed by atoms with E-state index in [9.17, 15) is 14.7 Å². The smallest absolute Gasteiger partial charge is 0.415 e. The number of rotatable bonds is 6. The monoisotopic (exact) mass is 489 g/mol. The molecule has 1 N–H and O–H groups in total. The van der Waals surface area contributed by atoms with E-state index < -0.39 is 11.6 Å². The summed E-state index contributed by atoms with van der Waals surface area (Å²) in [6.45, 7) is 8.27. The van der Waals surface area contributed by atoms with Crippen molar-refractivity contribution in [3.8, 4) is 11.5 Å². The largest absolute Gasteiger partial charge is 0.478 e. The highest BCUT2D eigenvalue weighted by Crippen LogP contribution is 2.31. The molecule has 2 aromatic carbocycles. The number of ether oxygens (including phenoxy) is 2. The van der Waals surface area contributed by atoms with Crippen molar-refractivity contribution in [3.05, 3.63) is 57.6 Å². The van der Waals surface area contributed by atoms with Gasteiger partial charge >= 0.3 is 12.1 Å². The fourth-order valence-electron chi connectivity index (χ4n) is 3.78. The molecule has 0 bridgehead atoms. The third kappa shape index (κ3) is 5.79. The summed E-state index contributed by atoms with van der Waals surface area (Å²) in [6, 6.07) is 11.3. The molecule has 166 valence electrons. The number of nitrogens with zero attached hydrogens (tertiary/aromatic N) is 1. The molecular weight excluding hydrogens is 462 g/mol. The zero-order chi connectivity index (χ0) is 22.8. The number of aryl methyl sites for hydroxylation is 2. The van der Waals surface area contributed by atoms with Gasteiger partial charge in [-0.3, -0.25) is 0 Å². The van der Waals surface area contributed by atoms with Crippen LogP contribution in [-0.4, -0.2) is 40.8 Å². The molecule has 6 nitrogen and oxygen atoms in total. The first kappa shape index (κ1) is 23.1. The Morgan fingerprint density at radius 3 is 2.35 bits per heavy atom. The van der Waals surface area contributed by atoms with Gasteiger partial charge in [-0.15, -0.1) is 0 Å². The van der Waals surface area contributed by atoms with Crippen molar-refractivity contribution < 1.29 is 24.2 Å². The summed E-state index contributed by atoms with van der Waals surface area (Å²) in [5.74, 6) is 0.486. The average Bonchev–Trinajstić information content (AvgIpc) is 3.15. The Hall–Kier alpha value is -2.54. The minimum Gasteiger partial charge on any atom is -0.478 e. The lowest BCUT2D eigenvalue weighted by Crippen LogP contribution is -2.38. The van der Waals surface area contributed by atoms with E-state index in [1.165, 1.54) is 0 Å². The molecule has 2 aromatic rings. The maximum absolute atomic E-state index is 12.5. The molecule has 1 amide bonds. The van der Waals surface area contributed by atoms with Crippen LogP contribution in [0.15, 0.2) is 40.9 Å². The summed E-state index contributed by atoms with van der Waals surface area (Å²) >= 11 is 3.37. The van der Waals surface area contributed by atoms with E-state index in [0.29, 0.717) is 30.5 Å². The summed E-state index contributed by atoms with van der Waals surface area (Å²) < 4.78 is 12.2. The van der Waals surface area contributed by atoms with Gasteiger partial charge in [-0.1, -0.05) is 28.1 Å². The summed E-state index contributed by atoms with van der Waals surface area (Å²) in [4.78, 5) is 25.6. The number of benzene rings is 2. The Labute approximate surface area is 191 Å². The van der Waals surface area contributed by atoms with Gasteiger partial charge in [-0.05, 0) is 87.4 Å². The minimum atomic E-state index is -1.29. The Morgan fingerprint density at radius 2 is 1.77 bits per heavy atom. The highest BCUT2D eigenvalue weighted by molar-refractivity contribution is 9.10. The predicted octanol–water partition coefficient (Wildman–Crippen LogP) is 5.37. The summed E-state index contributed by atoms with van der Waals surface area (Å²) in [5, 5.41) is 9.33. The Morgan fingerprint density at radius 1 is 1.16 bits per heavy atom. The van der Waals surface area contributed by atoms with Crippen LogP contribution < -0.4 is 9.47 Å². The van der Waals surface area contributed by atoms with E-state index in [2.05, 4.69) is 15.9 Å². The molecule has 0 spiro atoms. The molecule has 7 heteroatoms. The van der Waals surface area contributed by atoms with Gasteiger partial charge in [0.2, 0.25) is 0 Å². The van der Waals surface area contributed by atoms with Gasteiger partial charge in [-0.2, -0.15) is 0 Å². The number of carboxylic acids is 1. The average molecular weight is 490 g/mol. The van der Waals surface area contributed by atoms with E-state index >= 15 is 0 Å². The zero-order valence-corrected chi connectivity index (χ0v) is 19.9. The van der Waals surface area contributed by atoms with Crippen LogP contribution >= 0.6 is 15.9 Å². The summed E-state index contributed by atoms with van der Waals surface area (Å²) in [7, 11) is 0. The van der Waals surface area contributed by atoms with Crippen LogP contribution in [0.25, 0.3) is 0 Å². The lowest BCUT2D eigenvalue weighted by molar-refractivity contribution is -0.152. The second kappa shape index (κ2) is 9.30. The van der Waals surface area contributed by atoms with E-state index in [-0.39, 0.29) is 6.09 Å². The molecule has 0 aromatic heterocycles. The quantitative estimate of drug-likeness (QED) is 0.589. The van der Waals surface area contributed by atoms with Gasteiger partial charge in [-0.25, -0.2) is 9.59 Å². The molecule has 0 saturated carbocycles. The molecule has 31 heavy (non-hydrogen) atoms. The standard InChI is InChI=1S/C24H28BrNO5/c1-15-11-18(12-16(2)21(15)31-24(3,4)22(27)28)13-17-9-10-26(14-17)23(29)30-20-7-5-19(25)6-8-20/h5-8,11-12,17H,9-10,13-14H2,1-4H3,(H,27,28). The van der Waals surface area contributed by atoms with Crippen LogP contribution in [0.3, 0.4) is 0 Å². The number of hydrogen-bond acceptors (Lipinski definition) is 4. The van der Waals surface area contributed by atoms with E-state index in [1.54, 1.807) is 30.9 Å². The van der Waals surface area contributed by atoms with Crippen molar-refractivity contribution in [1.82, 2.24) is 4.90 Å². The first-order valence-corrected chi connectivity index (χ1v) is 11.1. The molecule has 1 aliphatic rings. The van der Waals surface area contributed by atoms with Crippen molar-refractivity contribution in [3.63, 3.8) is 0 Å². The van der Waals surface area contributed by atoms with Crippen molar-refractivity contribution in [1.29, 1.82) is 0 Å². The fraction of sp³-hybridized carbons (Fsp3) is 0.417. The van der Waals surface area contributed by atoms with Crippen LogP contribution in [0.2, 0.25) is 0 Å². The highest BCUT2D eigenvalue weighted by atomic mass is 79.9. The van der Waals surface area contributed by atoms with Gasteiger partial charge in [0.1, 0.15) is 11.5 Å². The van der Waals surface area contributed by atoms with Gasteiger partial charge in [0.05, 0.1) is 0 Å². The van der Waals surface area contributed by atoms with Crippen LogP contribution in [0.4, 0.5) is 4.79 Å². The number of carbonyl (C=O) groups excluding carboxylic acids is 1. The number of aliphatic carboxylic acids is 1. The van der Waals surface area contributed by atoms with Crippen molar-refractivity contribution >= 4 is 28.0 Å². The van der Waals surface area contributed by atoms with Gasteiger partial charge in [0.25, 0.3) is 0 Å². The first-order chi connectivity index (χ1) is 14.5. The molecule has 0 aliphatic carbocycles. The van der Waals surface area contributed by atoms with E-state index in [1.807, 2.05) is 38.1 Å². The highest BCUT2D eigenvalue weighted by Gasteiger charge is 2.31. The third-order valence-corrected chi connectivity index (χ3v) is 6.01. The SMILES string of the molecule is Cc1cc(CC2CCN(C(=O)Oc3ccc(Br)cc3)C2)cc(C)c1OC(C)(C)C(=O)O. The number of carboxylic acid groups (broad SMARTS) is 1. The molecule has 3 rings (SSSR count).